The van der Waals surface area contributed by atoms with E-state index in [1.165, 1.54) is 113 Å². The molecule has 11 heterocycles. The van der Waals surface area contributed by atoms with Gasteiger partial charge in [-0.25, -0.2) is 23.6 Å². The topological polar surface area (TPSA) is 263 Å². The first kappa shape index (κ1) is 90.5. The number of carbonyl (C=O) groups is 4. The Bertz CT molecular complexity index is 6590. The van der Waals surface area contributed by atoms with Crippen molar-refractivity contribution in [2.24, 2.45) is 20.6 Å². The molecular weight excluding hydrogens is 1750 g/mol. The molecule has 0 atom stereocenters. The van der Waals surface area contributed by atoms with Crippen molar-refractivity contribution in [2.75, 3.05) is 52.4 Å². The van der Waals surface area contributed by atoms with Crippen molar-refractivity contribution in [3.05, 3.63) is 282 Å². The molecule has 5 aliphatic carbocycles. The maximum atomic E-state index is 14.2. The largest absolute Gasteiger partial charge is 0.478 e. The summed E-state index contributed by atoms with van der Waals surface area (Å²) >= 11 is 6.57. The van der Waals surface area contributed by atoms with E-state index >= 15 is 0 Å². The lowest BCUT2D eigenvalue weighted by Crippen LogP contribution is -2.44. The van der Waals surface area contributed by atoms with E-state index in [4.69, 9.17) is 51.4 Å². The summed E-state index contributed by atoms with van der Waals surface area (Å²) in [6.07, 6.45) is 24.6. The Morgan fingerprint density at radius 1 is 0.390 bits per heavy atom. The van der Waals surface area contributed by atoms with Crippen LogP contribution in [0.15, 0.2) is 197 Å². The van der Waals surface area contributed by atoms with E-state index in [2.05, 4.69) is 97.6 Å². The van der Waals surface area contributed by atoms with Crippen LogP contribution in [0.3, 0.4) is 0 Å². The number of hydrogen-bond donors (Lipinski definition) is 4. The summed E-state index contributed by atoms with van der Waals surface area (Å²) in [5.41, 5.74) is 19.8. The minimum atomic E-state index is -4.31. The van der Waals surface area contributed by atoms with Crippen LogP contribution in [0.1, 0.15) is 285 Å². The lowest BCUT2D eigenvalue weighted by Gasteiger charge is -2.37. The maximum absolute atomic E-state index is 14.2. The molecule has 4 saturated heterocycles. The number of carboxylic acids is 4. The van der Waals surface area contributed by atoms with Crippen molar-refractivity contribution in [3.63, 3.8) is 0 Å². The molecule has 28 heteroatoms. The molecule has 0 amide bonds. The van der Waals surface area contributed by atoms with Crippen molar-refractivity contribution in [1.82, 2.24) is 33.3 Å². The summed E-state index contributed by atoms with van der Waals surface area (Å²) in [7, 11) is 0. The number of alkyl halides is 3. The minimum Gasteiger partial charge on any atom is -0.478 e. The normalized spacial score (nSPS) is 20.6. The van der Waals surface area contributed by atoms with E-state index in [1.807, 2.05) is 43.3 Å². The average Bonchev–Trinajstić information content (AvgIpc) is 1.60. The molecule has 0 bridgehead atoms. The Balaban J connectivity index is 0.000000109. The summed E-state index contributed by atoms with van der Waals surface area (Å²) in [5, 5.41) is 58.5. The van der Waals surface area contributed by atoms with Crippen LogP contribution in [0.2, 0.25) is 5.02 Å². The van der Waals surface area contributed by atoms with E-state index in [-0.39, 0.29) is 50.8 Å². The van der Waals surface area contributed by atoms with Crippen molar-refractivity contribution in [1.29, 1.82) is 0 Å². The van der Waals surface area contributed by atoms with Crippen LogP contribution >= 0.6 is 11.6 Å². The van der Waals surface area contributed by atoms with Crippen LogP contribution in [-0.4, -0.2) is 175 Å². The highest BCUT2D eigenvalue weighted by molar-refractivity contribution is 6.35. The Kier molecular flexibility index (Phi) is 24.3. The van der Waals surface area contributed by atoms with E-state index in [0.29, 0.717) is 42.2 Å². The number of halogens is 5. The zero-order chi connectivity index (χ0) is 93.7. The highest BCUT2D eigenvalue weighted by Crippen LogP contribution is 2.51. The van der Waals surface area contributed by atoms with Gasteiger partial charge in [-0.3, -0.25) is 19.6 Å². The molecule has 8 aliphatic heterocycles. The number of hydrogen-bond acceptors (Lipinski definition) is 16. The molecule has 136 heavy (non-hydrogen) atoms. The Labute approximate surface area is 790 Å². The molecule has 13 aliphatic rings. The van der Waals surface area contributed by atoms with Crippen LogP contribution in [0, 0.1) is 19.7 Å². The minimum absolute atomic E-state index is 0.0400. The molecule has 9 fully saturated rings. The summed E-state index contributed by atoms with van der Waals surface area (Å²) < 4.78 is 61.6. The summed E-state index contributed by atoms with van der Waals surface area (Å²) in [4.78, 5) is 78.0. The number of rotatable bonds is 21. The number of aromatic nitrogens is 3. The Hall–Kier alpha value is -12.0. The van der Waals surface area contributed by atoms with Gasteiger partial charge in [0.25, 0.3) is 0 Å². The van der Waals surface area contributed by atoms with Crippen LogP contribution < -0.4 is 0 Å². The van der Waals surface area contributed by atoms with Gasteiger partial charge in [0.15, 0.2) is 0 Å². The van der Waals surface area contributed by atoms with Gasteiger partial charge in [0.2, 0.25) is 0 Å². The van der Waals surface area contributed by atoms with E-state index in [9.17, 15) is 36.7 Å². The molecule has 0 unspecified atom stereocenters. The van der Waals surface area contributed by atoms with Crippen LogP contribution in [-0.2, 0) is 51.7 Å². The molecule has 4 N–H and O–H groups in total. The number of para-hydroxylation sites is 1. The number of carboxylic acid groups (broad SMARTS) is 4. The molecule has 24 rings (SSSR count). The second kappa shape index (κ2) is 36.5. The second-order valence-corrected chi connectivity index (χ2v) is 40.8. The van der Waals surface area contributed by atoms with Gasteiger partial charge >= 0.3 is 30.1 Å². The number of piperidine rings is 4. The molecule has 706 valence electrons. The van der Waals surface area contributed by atoms with Gasteiger partial charge in [0.05, 0.1) is 72.2 Å². The number of oxime groups is 4. The summed E-state index contributed by atoms with van der Waals surface area (Å²) in [6.45, 7) is 14.9. The predicted octanol–water partition coefficient (Wildman–Crippen LogP) is 22.2. The highest BCUT2D eigenvalue weighted by atomic mass is 35.5. The number of fused-ring (bicyclic) bond motifs is 3. The predicted molar refractivity (Wildman–Crippen MR) is 512 cm³/mol. The van der Waals surface area contributed by atoms with E-state index < -0.39 is 35.6 Å². The van der Waals surface area contributed by atoms with Gasteiger partial charge in [-0.05, 0) is 236 Å². The molecule has 3 aromatic heterocycles. The fraction of sp³-hybridized carbons (Fsp3) is 0.426. The molecule has 11 aromatic rings. The van der Waals surface area contributed by atoms with Crippen molar-refractivity contribution in [3.8, 4) is 0 Å². The number of aryl methyl sites for hydroxylation is 2. The number of aromatic carboxylic acids is 4. The second-order valence-electron chi connectivity index (χ2n) is 40.4. The Morgan fingerprint density at radius 2 is 0.721 bits per heavy atom. The quantitative estimate of drug-likeness (QED) is 0.0487. The maximum Gasteiger partial charge on any atom is 0.416 e. The Morgan fingerprint density at radius 3 is 1.06 bits per heavy atom. The third kappa shape index (κ3) is 19.3. The summed E-state index contributed by atoms with van der Waals surface area (Å²) in [5.74, 6) is -3.08. The number of nitrogens with zero attached hydrogens (tertiary/aromatic N) is 11. The fourth-order valence-corrected chi connectivity index (χ4v) is 22.0. The molecular formula is C108H112ClF4N11O12. The van der Waals surface area contributed by atoms with Gasteiger partial charge in [-0.2, -0.15) is 13.2 Å². The molecule has 5 saturated carbocycles. The molecule has 23 nitrogen and oxygen atoms in total. The first-order valence-corrected chi connectivity index (χ1v) is 48.7. The van der Waals surface area contributed by atoms with E-state index in [1.54, 1.807) is 97.1 Å². The van der Waals surface area contributed by atoms with Crippen LogP contribution in [0.25, 0.3) is 32.7 Å². The van der Waals surface area contributed by atoms with Gasteiger partial charge < -0.3 is 53.5 Å². The first-order valence-electron chi connectivity index (χ1n) is 48.3. The van der Waals surface area contributed by atoms with Crippen LogP contribution in [0.5, 0.6) is 0 Å². The zero-order valence-corrected chi connectivity index (χ0v) is 77.3. The lowest BCUT2D eigenvalue weighted by molar-refractivity contribution is -0.138. The number of likely N-dealkylation sites (tertiary alicyclic amines) is 4. The standard InChI is InChI=1S/C30H33N3O3.C27H28FN3O3.C26H26ClN3O3.C25H25F3N2O3/c1-19-14-23(20-2-3-20)15-26-24(18-33(28(19)26)25-8-9-25)17-32-12-10-30(11-13-32)16-27(31-36-30)21-4-6-22(7-5-21)29(34)35;1-17-12-21(28)13-23-20(16-31(25(17)23)22-6-7-22)15-30-10-8-27(9-11-30)14-24(29-34-27)18-2-4-19(5-3-18)26(32)33;27-22-3-1-2-21-19(16-30(24(21)22)20-8-9-20)15-29-12-10-26(11-13-29)14-23(28-33-26)17-4-6-18(7-5-17)25(31)32;26-25(27,28)21-8-1-16(13-20(21)17-2-3-17)15-30-11-9-24(10-12-30)14-22(29-33-24)18-4-6-19(7-5-18)23(31)32/h4-7,14-15,18,20,25H,2-3,8-13,16-17H2,1H3,(H,34,35);2-5,12-13,16,22H,6-11,14-15H2,1H3,(H,32,33);1-7,16,20H,8-15H2,(H,31,32);1,4-8,13,17H,2-3,9-12,14-15H2,(H,31,32). The summed E-state index contributed by atoms with van der Waals surface area (Å²) in [6, 6.07) is 48.2. The van der Waals surface area contributed by atoms with Crippen molar-refractivity contribution < 1.29 is 76.5 Å². The van der Waals surface area contributed by atoms with Gasteiger partial charge in [-0.15, -0.1) is 0 Å². The van der Waals surface area contributed by atoms with Crippen molar-refractivity contribution >= 4 is 91.0 Å². The first-order chi connectivity index (χ1) is 65.6. The monoisotopic (exact) mass is 1870 g/mol. The lowest BCUT2D eigenvalue weighted by atomic mass is 9.85. The zero-order valence-electron chi connectivity index (χ0n) is 76.5. The third-order valence-corrected chi connectivity index (χ3v) is 30.8. The fourth-order valence-electron chi connectivity index (χ4n) is 21.8. The van der Waals surface area contributed by atoms with Crippen molar-refractivity contribution in [2.45, 2.75) is 240 Å². The SMILES string of the molecule is Cc1cc(C2CC2)cc2c(CN3CCC4(CC3)CC(c3ccc(C(=O)O)cc3)=NO4)cn(C3CC3)c12.Cc1cc(F)cc2c(CN3CCC4(CC3)CC(c3ccc(C(=O)O)cc3)=NO4)cn(C3CC3)c12.O=C(O)c1ccc(C2=NOC3(CCN(Cc4ccc(C(F)(F)F)c(C5CC5)c4)CC3)C2)cc1.O=C(O)c1ccc(C2=NOC3(CCN(Cc4cn(C5CC5)c5c(Cl)cccc45)CC3)C2)cc1. The van der Waals surface area contributed by atoms with Gasteiger partial charge in [-0.1, -0.05) is 111 Å². The smallest absolute Gasteiger partial charge is 0.416 e. The molecule has 8 aromatic carbocycles. The third-order valence-electron chi connectivity index (χ3n) is 30.5. The average molecular weight is 1870 g/mol. The molecule has 0 radical (unpaired) electrons. The van der Waals surface area contributed by atoms with Crippen LogP contribution in [0.4, 0.5) is 17.6 Å². The van der Waals surface area contributed by atoms with Gasteiger partial charge in [0.1, 0.15) is 28.2 Å². The molecule has 4 spiro atoms. The van der Waals surface area contributed by atoms with Gasteiger partial charge in [0, 0.05) is 208 Å². The highest BCUT2D eigenvalue weighted by Gasteiger charge is 2.48. The number of benzene rings is 8. The van der Waals surface area contributed by atoms with E-state index in [0.717, 1.165) is 228 Å².